The smallest absolute Gasteiger partial charge is 0.386 e. The Labute approximate surface area is 255 Å². The highest BCUT2D eigenvalue weighted by Gasteiger charge is 2.41. The highest BCUT2D eigenvalue weighted by Crippen LogP contribution is 2.17. The summed E-state index contributed by atoms with van der Waals surface area (Å²) in [6.45, 7) is -3.49. The Hall–Kier alpha value is -3.02. The molecule has 0 aromatic carbocycles. The van der Waals surface area contributed by atoms with Crippen LogP contribution in [0.1, 0.15) is 0 Å². The third-order valence-corrected chi connectivity index (χ3v) is 5.83. The molecule has 24 nitrogen and oxygen atoms in total. The van der Waals surface area contributed by atoms with Gasteiger partial charge >= 0.3 is 23.9 Å². The summed E-state index contributed by atoms with van der Waals surface area (Å²) in [4.78, 5) is 64.0. The summed E-state index contributed by atoms with van der Waals surface area (Å²) in [7, 11) is 0. The van der Waals surface area contributed by atoms with Gasteiger partial charge in [-0.15, -0.1) is 0 Å². The minimum atomic E-state index is -2.90. The Morgan fingerprint density at radius 2 is 0.761 bits per heavy atom. The van der Waals surface area contributed by atoms with E-state index in [0.29, 0.717) is 0 Å². The molecule has 24 heteroatoms. The van der Waals surface area contributed by atoms with Crippen molar-refractivity contribution < 1.29 is 120 Å². The molecule has 0 heterocycles. The summed E-state index contributed by atoms with van der Waals surface area (Å²) >= 11 is 0. The van der Waals surface area contributed by atoms with E-state index in [-0.39, 0.29) is 6.08 Å². The van der Waals surface area contributed by atoms with Gasteiger partial charge in [-0.2, -0.15) is 0 Å². The van der Waals surface area contributed by atoms with Gasteiger partial charge in [0.15, 0.2) is 12.2 Å². The van der Waals surface area contributed by atoms with Gasteiger partial charge in [0.2, 0.25) is 0 Å². The van der Waals surface area contributed by atoms with Crippen LogP contribution in [0.15, 0.2) is 11.6 Å². The van der Waals surface area contributed by atoms with E-state index in [0.717, 1.165) is 0 Å². The quantitative estimate of drug-likeness (QED) is 0.0362. The third kappa shape index (κ3) is 12.3. The van der Waals surface area contributed by atoms with Gasteiger partial charge in [0, 0.05) is 6.08 Å². The molecule has 0 saturated carbocycles. The van der Waals surface area contributed by atoms with Gasteiger partial charge in [0.1, 0.15) is 67.1 Å². The van der Waals surface area contributed by atoms with Crippen molar-refractivity contribution in [1.82, 2.24) is 0 Å². The molecule has 13 atom stereocenters. The molecule has 0 bridgehead atoms. The molecule has 0 radical (unpaired) electrons. The molecule has 0 aliphatic rings. The number of hydrogen-bond acceptors (Lipinski definition) is 24. The van der Waals surface area contributed by atoms with Gasteiger partial charge < -0.3 is 81.7 Å². The first-order valence-corrected chi connectivity index (χ1v) is 12.5. The van der Waals surface area contributed by atoms with E-state index in [9.17, 15) is 85.6 Å². The second-order valence-electron chi connectivity index (χ2n) is 9.20. The van der Waals surface area contributed by atoms with Gasteiger partial charge in [-0.1, -0.05) is 0 Å². The lowest BCUT2D eigenvalue weighted by atomic mass is 9.95. The molecule has 0 saturated heterocycles. The molecule has 46 heavy (non-hydrogen) atoms. The molecule has 9 unspecified atom stereocenters. The van der Waals surface area contributed by atoms with E-state index in [1.165, 1.54) is 0 Å². The normalized spacial score (nSPS) is 20.7. The molecule has 268 valence electrons. The average molecular weight is 685 g/mol. The van der Waals surface area contributed by atoms with Crippen molar-refractivity contribution in [2.45, 2.75) is 79.4 Å². The van der Waals surface area contributed by atoms with Crippen LogP contribution in [-0.4, -0.2) is 205 Å². The number of carbonyl (C=O) groups is 4. The summed E-state index contributed by atoms with van der Waals surface area (Å²) in [5.74, 6) is -8.38. The van der Waals surface area contributed by atoms with Crippen molar-refractivity contribution in [2.24, 2.45) is 0 Å². The predicted octanol–water partition coefficient (Wildman–Crippen LogP) is -11.4. The van der Waals surface area contributed by atoms with Crippen molar-refractivity contribution >= 4 is 23.9 Å². The van der Waals surface area contributed by atoms with Gasteiger partial charge in [0.25, 0.3) is 0 Å². The molecule has 0 aliphatic heterocycles. The Balaban J connectivity index is 5.97. The largest absolute Gasteiger partial charge is 0.394 e. The van der Waals surface area contributed by atoms with E-state index in [1.807, 2.05) is 0 Å². The molecule has 0 rings (SSSR count). The maximum Gasteiger partial charge on any atom is 0.386 e. The second kappa shape index (κ2) is 20.3. The Morgan fingerprint density at radius 3 is 1.13 bits per heavy atom. The first kappa shape index (κ1) is 43.0. The minimum absolute atomic E-state index is 0.210. The van der Waals surface area contributed by atoms with Crippen LogP contribution in [0.25, 0.3) is 0 Å². The van der Waals surface area contributed by atoms with E-state index < -0.39 is 129 Å². The Kier molecular flexibility index (Phi) is 18.9. The summed E-state index contributed by atoms with van der Waals surface area (Å²) in [5, 5.41) is 152. The predicted molar refractivity (Wildman–Crippen MR) is 132 cm³/mol. The maximum absolute atomic E-state index is 12.5. The second-order valence-corrected chi connectivity index (χ2v) is 9.20. The first-order chi connectivity index (χ1) is 21.3. The first-order valence-electron chi connectivity index (χ1n) is 12.5. The molecule has 0 spiro atoms. The summed E-state index contributed by atoms with van der Waals surface area (Å²) in [6, 6.07) is 0. The van der Waals surface area contributed by atoms with Crippen LogP contribution in [0.4, 0.5) is 0 Å². The Bertz CT molecular complexity index is 1000. The van der Waals surface area contributed by atoms with Crippen LogP contribution >= 0.6 is 0 Å². The minimum Gasteiger partial charge on any atom is -0.394 e. The van der Waals surface area contributed by atoms with Crippen LogP contribution in [0, 0.1) is 0 Å². The van der Waals surface area contributed by atoms with Gasteiger partial charge in [0.05, 0.1) is 25.4 Å². The van der Waals surface area contributed by atoms with E-state index >= 15 is 0 Å². The fourth-order valence-corrected chi connectivity index (χ4v) is 2.96. The number of rotatable bonds is 18. The molecule has 0 aliphatic carbocycles. The van der Waals surface area contributed by atoms with Crippen LogP contribution in [-0.2, 0) is 38.7 Å². The highest BCUT2D eigenvalue weighted by atomic mass is 17.2. The number of hydrogen-bond donors (Lipinski definition) is 16. The third-order valence-electron chi connectivity index (χ3n) is 5.83. The standard InChI is InChI=1S/C22H36O24/c23-2-6(26)11(31)15(35)14(34)10(30)5(20(40)44-46-22(42)19(39)17(37)13(33)8(28)4-25)1-9(29)43-45-21(41)18(38)16(36)12(32)7(27)3-24/h1,6-8,10-19,23-28,30-39H,2-4H2/b5-1-/t6-,7?,8?,10?,11-,12?,13?,14-,15+,16?,17?,18?,19?/m1/s1. The van der Waals surface area contributed by atoms with E-state index in [4.69, 9.17) is 15.3 Å². The van der Waals surface area contributed by atoms with Crippen molar-refractivity contribution in [3.05, 3.63) is 11.6 Å². The van der Waals surface area contributed by atoms with E-state index in [2.05, 4.69) is 19.6 Å². The lowest BCUT2D eigenvalue weighted by molar-refractivity contribution is -0.267. The topological polar surface area (TPSA) is 429 Å². The number of aliphatic hydroxyl groups is 16. The summed E-state index contributed by atoms with van der Waals surface area (Å²) in [6.07, 6.45) is -32.6. The fourth-order valence-electron chi connectivity index (χ4n) is 2.96. The van der Waals surface area contributed by atoms with Crippen LogP contribution in [0.3, 0.4) is 0 Å². The molecule has 0 fully saturated rings. The lowest BCUT2D eigenvalue weighted by Gasteiger charge is -2.28. The van der Waals surface area contributed by atoms with Crippen LogP contribution in [0.2, 0.25) is 0 Å². The van der Waals surface area contributed by atoms with Crippen LogP contribution in [0.5, 0.6) is 0 Å². The number of aliphatic hydroxyl groups excluding tert-OH is 16. The van der Waals surface area contributed by atoms with Crippen molar-refractivity contribution in [3.63, 3.8) is 0 Å². The van der Waals surface area contributed by atoms with Crippen molar-refractivity contribution in [2.75, 3.05) is 19.8 Å². The SMILES string of the molecule is O=C(/C=C(\C(=O)OOC(=O)C(O)C(O)C(O)C(O)CO)C(O)[C@@H](O)[C@@H](O)[C@H](O)[C@H](O)CO)OOC(=O)C(O)C(O)C(O)C(O)CO. The van der Waals surface area contributed by atoms with Crippen LogP contribution < -0.4 is 0 Å². The molecular weight excluding hydrogens is 648 g/mol. The maximum atomic E-state index is 12.5. The molecular formula is C22H36O24. The monoisotopic (exact) mass is 684 g/mol. The van der Waals surface area contributed by atoms with E-state index in [1.54, 1.807) is 0 Å². The van der Waals surface area contributed by atoms with Crippen molar-refractivity contribution in [3.8, 4) is 0 Å². The van der Waals surface area contributed by atoms with Crippen molar-refractivity contribution in [1.29, 1.82) is 0 Å². The Morgan fingerprint density at radius 1 is 0.435 bits per heavy atom. The molecule has 0 aromatic heterocycles. The summed E-state index contributed by atoms with van der Waals surface area (Å²) in [5.41, 5.74) is -1.61. The number of carbonyl (C=O) groups excluding carboxylic acids is 4. The zero-order chi connectivity index (χ0) is 36.0. The lowest BCUT2D eigenvalue weighted by Crippen LogP contribution is -2.51. The summed E-state index contributed by atoms with van der Waals surface area (Å²) < 4.78 is 0. The zero-order valence-electron chi connectivity index (χ0n) is 23.1. The molecule has 0 aromatic rings. The average Bonchev–Trinajstić information content (AvgIpc) is 3.06. The zero-order valence-corrected chi connectivity index (χ0v) is 23.1. The fraction of sp³-hybridized carbons (Fsp3) is 0.727. The molecule has 0 amide bonds. The highest BCUT2D eigenvalue weighted by molar-refractivity contribution is 5.97. The van der Waals surface area contributed by atoms with Gasteiger partial charge in [-0.3, -0.25) is 0 Å². The van der Waals surface area contributed by atoms with Gasteiger partial charge in [-0.25, -0.2) is 38.7 Å². The molecule has 16 N–H and O–H groups in total. The van der Waals surface area contributed by atoms with Gasteiger partial charge in [-0.05, 0) is 0 Å².